The number of fused-ring (bicyclic) bond motifs is 1. The molecule has 0 bridgehead atoms. The molecule has 1 aliphatic heterocycles. The van der Waals surface area contributed by atoms with Crippen LogP contribution in [0.2, 0.25) is 0 Å². The molecule has 100 valence electrons. The van der Waals surface area contributed by atoms with Crippen LogP contribution < -0.4 is 11.1 Å². The van der Waals surface area contributed by atoms with Crippen molar-refractivity contribution in [1.29, 1.82) is 0 Å². The minimum Gasteiger partial charge on any atom is -0.374 e. The highest BCUT2D eigenvalue weighted by atomic mass is 32.1. The van der Waals surface area contributed by atoms with Crippen molar-refractivity contribution in [2.24, 2.45) is 5.73 Å². The van der Waals surface area contributed by atoms with Crippen molar-refractivity contribution in [2.75, 3.05) is 11.9 Å². The van der Waals surface area contributed by atoms with Crippen LogP contribution in [0.1, 0.15) is 56.7 Å². The summed E-state index contributed by atoms with van der Waals surface area (Å²) in [6.07, 6.45) is 5.69. The van der Waals surface area contributed by atoms with Crippen molar-refractivity contribution in [3.8, 4) is 0 Å². The highest BCUT2D eigenvalue weighted by Gasteiger charge is 2.24. The van der Waals surface area contributed by atoms with Crippen LogP contribution in [0.3, 0.4) is 0 Å². The average molecular weight is 266 g/mol. The summed E-state index contributed by atoms with van der Waals surface area (Å²) in [7, 11) is 0. The van der Waals surface area contributed by atoms with E-state index in [9.17, 15) is 0 Å². The summed E-state index contributed by atoms with van der Waals surface area (Å²) in [5.74, 6) is 1.54. The van der Waals surface area contributed by atoms with Crippen LogP contribution in [-0.4, -0.2) is 21.4 Å². The number of hydrogen-bond acceptors (Lipinski definition) is 3. The van der Waals surface area contributed by atoms with Crippen LogP contribution in [0, 0.1) is 0 Å². The molecule has 18 heavy (non-hydrogen) atoms. The van der Waals surface area contributed by atoms with Gasteiger partial charge in [0, 0.05) is 18.0 Å². The lowest BCUT2D eigenvalue weighted by molar-refractivity contribution is 0.607. The largest absolute Gasteiger partial charge is 0.374 e. The maximum absolute atomic E-state index is 5.78. The van der Waals surface area contributed by atoms with Crippen LogP contribution >= 0.6 is 12.2 Å². The minimum atomic E-state index is 0.331. The van der Waals surface area contributed by atoms with Gasteiger partial charge < -0.3 is 11.1 Å². The Labute approximate surface area is 114 Å². The van der Waals surface area contributed by atoms with E-state index >= 15 is 0 Å². The Morgan fingerprint density at radius 2 is 2.17 bits per heavy atom. The van der Waals surface area contributed by atoms with Crippen molar-refractivity contribution < 1.29 is 0 Å². The van der Waals surface area contributed by atoms with E-state index in [1.165, 1.54) is 24.1 Å². The van der Waals surface area contributed by atoms with Gasteiger partial charge >= 0.3 is 0 Å². The van der Waals surface area contributed by atoms with Crippen molar-refractivity contribution in [3.05, 3.63) is 11.3 Å². The summed E-state index contributed by atoms with van der Waals surface area (Å²) in [5.41, 5.74) is 8.30. The smallest absolute Gasteiger partial charge is 0.193 e. The fourth-order valence-corrected chi connectivity index (χ4v) is 2.82. The van der Waals surface area contributed by atoms with Gasteiger partial charge in [-0.15, -0.1) is 0 Å². The average Bonchev–Trinajstić information content (AvgIpc) is 2.56. The molecular formula is C13H22N4S. The molecule has 0 unspecified atom stereocenters. The predicted molar refractivity (Wildman–Crippen MR) is 79.2 cm³/mol. The zero-order valence-corrected chi connectivity index (χ0v) is 12.0. The van der Waals surface area contributed by atoms with Gasteiger partial charge in [0.1, 0.15) is 5.82 Å². The van der Waals surface area contributed by atoms with Gasteiger partial charge in [0.2, 0.25) is 0 Å². The van der Waals surface area contributed by atoms with Gasteiger partial charge in [-0.3, -0.25) is 0 Å². The van der Waals surface area contributed by atoms with Crippen LogP contribution in [0.15, 0.2) is 0 Å². The van der Waals surface area contributed by atoms with Gasteiger partial charge in [-0.25, -0.2) is 0 Å². The first kappa shape index (κ1) is 13.3. The Hall–Kier alpha value is -1.10. The van der Waals surface area contributed by atoms with Crippen molar-refractivity contribution in [2.45, 2.75) is 51.9 Å². The summed E-state index contributed by atoms with van der Waals surface area (Å²) >= 11 is 5.10. The SMILES string of the molecule is CCC(CC)c1nn(C(N)=S)c2c1CCCCN2. The van der Waals surface area contributed by atoms with Crippen LogP contribution in [0.5, 0.6) is 0 Å². The molecule has 3 N–H and O–H groups in total. The monoisotopic (exact) mass is 266 g/mol. The van der Waals surface area contributed by atoms with Crippen LogP contribution in [0.25, 0.3) is 0 Å². The third-order valence-corrected chi connectivity index (χ3v) is 3.91. The Kier molecular flexibility index (Phi) is 4.22. The quantitative estimate of drug-likeness (QED) is 0.826. The molecule has 0 spiro atoms. The lowest BCUT2D eigenvalue weighted by Crippen LogP contribution is -2.23. The number of nitrogens with zero attached hydrogens (tertiary/aromatic N) is 2. The Morgan fingerprint density at radius 1 is 1.44 bits per heavy atom. The van der Waals surface area contributed by atoms with Gasteiger partial charge in [0.05, 0.1) is 5.69 Å². The molecule has 2 heterocycles. The van der Waals surface area contributed by atoms with E-state index in [0.717, 1.165) is 31.6 Å². The summed E-state index contributed by atoms with van der Waals surface area (Å²) < 4.78 is 1.71. The molecule has 0 aromatic carbocycles. The first-order chi connectivity index (χ1) is 8.69. The van der Waals surface area contributed by atoms with Gasteiger partial charge in [0.15, 0.2) is 5.11 Å². The molecule has 0 saturated carbocycles. The second-order valence-electron chi connectivity index (χ2n) is 4.86. The molecule has 5 heteroatoms. The van der Waals surface area contributed by atoms with Gasteiger partial charge in [-0.2, -0.15) is 9.78 Å². The molecule has 0 amide bonds. The number of aromatic nitrogens is 2. The third kappa shape index (κ3) is 2.36. The lowest BCUT2D eigenvalue weighted by atomic mass is 9.94. The first-order valence-electron chi connectivity index (χ1n) is 6.84. The standard InChI is InChI=1S/C13H22N4S/c1-3-9(4-2)11-10-7-5-6-8-15-12(10)17(16-11)13(14)18/h9,15H,3-8H2,1-2H3,(H2,14,18). The van der Waals surface area contributed by atoms with E-state index in [1.807, 2.05) is 0 Å². The molecule has 1 aliphatic rings. The van der Waals surface area contributed by atoms with Gasteiger partial charge in [-0.05, 0) is 44.3 Å². The van der Waals surface area contributed by atoms with Crippen LogP contribution in [-0.2, 0) is 6.42 Å². The lowest BCUT2D eigenvalue weighted by Gasteiger charge is -2.11. The first-order valence-corrected chi connectivity index (χ1v) is 7.25. The van der Waals surface area contributed by atoms with E-state index in [0.29, 0.717) is 11.0 Å². The normalized spacial score (nSPS) is 15.1. The highest BCUT2D eigenvalue weighted by Crippen LogP contribution is 2.32. The molecule has 0 fully saturated rings. The maximum Gasteiger partial charge on any atom is 0.193 e. The van der Waals surface area contributed by atoms with E-state index in [2.05, 4.69) is 24.3 Å². The van der Waals surface area contributed by atoms with Gasteiger partial charge in [-0.1, -0.05) is 13.8 Å². The van der Waals surface area contributed by atoms with Crippen molar-refractivity contribution in [3.63, 3.8) is 0 Å². The predicted octanol–water partition coefficient (Wildman–Crippen LogP) is 2.63. The van der Waals surface area contributed by atoms with Crippen molar-refractivity contribution >= 4 is 23.1 Å². The zero-order chi connectivity index (χ0) is 13.1. The fourth-order valence-electron chi connectivity index (χ4n) is 2.69. The molecule has 0 saturated heterocycles. The second-order valence-corrected chi connectivity index (χ2v) is 5.28. The number of hydrogen-bond donors (Lipinski definition) is 2. The molecule has 1 aromatic heterocycles. The Balaban J connectivity index is 2.49. The number of anilines is 1. The van der Waals surface area contributed by atoms with E-state index in [1.54, 1.807) is 4.68 Å². The van der Waals surface area contributed by atoms with Crippen LogP contribution in [0.4, 0.5) is 5.82 Å². The van der Waals surface area contributed by atoms with E-state index in [4.69, 9.17) is 18.0 Å². The van der Waals surface area contributed by atoms with E-state index in [-0.39, 0.29) is 0 Å². The second kappa shape index (κ2) is 5.69. The number of nitrogens with two attached hydrogens (primary N) is 1. The van der Waals surface area contributed by atoms with E-state index < -0.39 is 0 Å². The third-order valence-electron chi connectivity index (χ3n) is 3.74. The topological polar surface area (TPSA) is 55.9 Å². The summed E-state index contributed by atoms with van der Waals surface area (Å²) in [6, 6.07) is 0. The minimum absolute atomic E-state index is 0.331. The fraction of sp³-hybridized carbons (Fsp3) is 0.692. The highest BCUT2D eigenvalue weighted by molar-refractivity contribution is 7.80. The molecular weight excluding hydrogens is 244 g/mol. The summed E-state index contributed by atoms with van der Waals surface area (Å²) in [5, 5.41) is 8.43. The summed E-state index contributed by atoms with van der Waals surface area (Å²) in [4.78, 5) is 0. The zero-order valence-electron chi connectivity index (χ0n) is 11.2. The molecule has 0 aliphatic carbocycles. The molecule has 1 aromatic rings. The molecule has 2 rings (SSSR count). The maximum atomic E-state index is 5.78. The Bertz CT molecular complexity index is 434. The van der Waals surface area contributed by atoms with Gasteiger partial charge in [0.25, 0.3) is 0 Å². The number of thiocarbonyl (C=S) groups is 1. The molecule has 0 atom stereocenters. The summed E-state index contributed by atoms with van der Waals surface area (Å²) in [6.45, 7) is 5.40. The molecule has 0 radical (unpaired) electrons. The number of nitrogens with one attached hydrogen (secondary N) is 1. The Morgan fingerprint density at radius 3 is 2.78 bits per heavy atom. The molecule has 4 nitrogen and oxygen atoms in total. The number of rotatable bonds is 3. The van der Waals surface area contributed by atoms with Crippen molar-refractivity contribution in [1.82, 2.24) is 9.78 Å².